The molecule has 2 N–H and O–H groups in total. The van der Waals surface area contributed by atoms with Crippen molar-refractivity contribution in [1.29, 1.82) is 0 Å². The van der Waals surface area contributed by atoms with Gasteiger partial charge in [-0.2, -0.15) is 0 Å². The van der Waals surface area contributed by atoms with Gasteiger partial charge in [-0.05, 0) is 44.4 Å². The van der Waals surface area contributed by atoms with Crippen LogP contribution >= 0.6 is 0 Å². The van der Waals surface area contributed by atoms with Crippen LogP contribution in [0.2, 0.25) is 0 Å². The molecule has 0 radical (unpaired) electrons. The van der Waals surface area contributed by atoms with E-state index in [9.17, 15) is 14.7 Å². The van der Waals surface area contributed by atoms with Crippen LogP contribution in [-0.2, 0) is 4.79 Å². The van der Waals surface area contributed by atoms with E-state index in [0.717, 1.165) is 57.9 Å². The zero-order valence-corrected chi connectivity index (χ0v) is 13.0. The summed E-state index contributed by atoms with van der Waals surface area (Å²) in [5, 5.41) is 12.3. The number of carbonyl (C=O) groups is 2. The van der Waals surface area contributed by atoms with Gasteiger partial charge in [0.1, 0.15) is 6.04 Å². The van der Waals surface area contributed by atoms with Crippen molar-refractivity contribution in [2.45, 2.75) is 76.8 Å². The van der Waals surface area contributed by atoms with Gasteiger partial charge in [0.15, 0.2) is 0 Å². The van der Waals surface area contributed by atoms with E-state index in [-0.39, 0.29) is 18.0 Å². The minimum absolute atomic E-state index is 0.0880. The highest BCUT2D eigenvalue weighted by Gasteiger charge is 2.33. The fourth-order valence-corrected chi connectivity index (χ4v) is 3.76. The summed E-state index contributed by atoms with van der Waals surface area (Å²) in [4.78, 5) is 25.9. The third-order valence-corrected chi connectivity index (χ3v) is 5.03. The lowest BCUT2D eigenvalue weighted by Gasteiger charge is -2.37. The number of carboxylic acids is 1. The highest BCUT2D eigenvalue weighted by atomic mass is 16.4. The standard InChI is InChI=1S/C16H28N2O3/c1-2-13-10-6-7-11-18(13)16(21)17-14(15(19)20)12-8-4-3-5-9-12/h12-14H,2-11H2,1H3,(H,17,21)(H,19,20). The molecule has 1 saturated carbocycles. The van der Waals surface area contributed by atoms with Gasteiger partial charge < -0.3 is 15.3 Å². The van der Waals surface area contributed by atoms with Crippen molar-refractivity contribution in [2.75, 3.05) is 6.54 Å². The summed E-state index contributed by atoms with van der Waals surface area (Å²) in [5.41, 5.74) is 0. The molecule has 1 heterocycles. The van der Waals surface area contributed by atoms with E-state index in [1.54, 1.807) is 0 Å². The van der Waals surface area contributed by atoms with Crippen LogP contribution in [0.15, 0.2) is 0 Å². The fraction of sp³-hybridized carbons (Fsp3) is 0.875. The molecule has 2 amide bonds. The Labute approximate surface area is 127 Å². The largest absolute Gasteiger partial charge is 0.480 e. The van der Waals surface area contributed by atoms with E-state index in [2.05, 4.69) is 12.2 Å². The SMILES string of the molecule is CCC1CCCCN1C(=O)NC(C(=O)O)C1CCCCC1. The van der Waals surface area contributed by atoms with Crippen LogP contribution in [0, 0.1) is 5.92 Å². The number of hydrogen-bond acceptors (Lipinski definition) is 2. The molecule has 0 spiro atoms. The van der Waals surface area contributed by atoms with Crippen molar-refractivity contribution in [1.82, 2.24) is 10.2 Å². The first-order valence-electron chi connectivity index (χ1n) is 8.43. The Hall–Kier alpha value is -1.26. The first kappa shape index (κ1) is 16.1. The minimum atomic E-state index is -0.889. The van der Waals surface area contributed by atoms with E-state index >= 15 is 0 Å². The van der Waals surface area contributed by atoms with Gasteiger partial charge in [0.2, 0.25) is 0 Å². The second kappa shape index (κ2) is 7.66. The number of hydrogen-bond donors (Lipinski definition) is 2. The molecule has 5 heteroatoms. The van der Waals surface area contributed by atoms with Crippen LogP contribution in [0.4, 0.5) is 4.79 Å². The lowest BCUT2D eigenvalue weighted by atomic mass is 9.84. The molecular weight excluding hydrogens is 268 g/mol. The maximum atomic E-state index is 12.5. The number of nitrogens with zero attached hydrogens (tertiary/aromatic N) is 1. The van der Waals surface area contributed by atoms with Gasteiger partial charge in [-0.3, -0.25) is 0 Å². The van der Waals surface area contributed by atoms with Crippen molar-refractivity contribution in [2.24, 2.45) is 5.92 Å². The Bertz CT molecular complexity index is 367. The molecule has 21 heavy (non-hydrogen) atoms. The average molecular weight is 296 g/mol. The third kappa shape index (κ3) is 4.11. The van der Waals surface area contributed by atoms with Crippen molar-refractivity contribution in [3.8, 4) is 0 Å². The van der Waals surface area contributed by atoms with Gasteiger partial charge in [-0.25, -0.2) is 9.59 Å². The number of rotatable bonds is 4. The maximum Gasteiger partial charge on any atom is 0.326 e. The molecule has 5 nitrogen and oxygen atoms in total. The molecule has 0 aromatic heterocycles. The van der Waals surface area contributed by atoms with E-state index in [1.165, 1.54) is 6.42 Å². The van der Waals surface area contributed by atoms with Gasteiger partial charge in [0.25, 0.3) is 0 Å². The van der Waals surface area contributed by atoms with Crippen LogP contribution in [0.3, 0.4) is 0 Å². The predicted molar refractivity (Wildman–Crippen MR) is 81.2 cm³/mol. The molecule has 1 aliphatic heterocycles. The van der Waals surface area contributed by atoms with E-state index in [1.807, 2.05) is 4.90 Å². The molecule has 120 valence electrons. The number of likely N-dealkylation sites (tertiary alicyclic amines) is 1. The van der Waals surface area contributed by atoms with Crippen LogP contribution in [-0.4, -0.2) is 40.6 Å². The Morgan fingerprint density at radius 3 is 2.43 bits per heavy atom. The van der Waals surface area contributed by atoms with Crippen molar-refractivity contribution < 1.29 is 14.7 Å². The van der Waals surface area contributed by atoms with Crippen molar-refractivity contribution >= 4 is 12.0 Å². The number of carboxylic acid groups (broad SMARTS) is 1. The molecule has 0 aromatic carbocycles. The Kier molecular flexibility index (Phi) is 5.88. The van der Waals surface area contributed by atoms with Gasteiger partial charge in [-0.15, -0.1) is 0 Å². The molecule has 1 saturated heterocycles. The first-order valence-corrected chi connectivity index (χ1v) is 8.43. The van der Waals surface area contributed by atoms with Gasteiger partial charge in [-0.1, -0.05) is 26.2 Å². The summed E-state index contributed by atoms with van der Waals surface area (Å²) in [6.07, 6.45) is 9.30. The summed E-state index contributed by atoms with van der Waals surface area (Å²) in [7, 11) is 0. The molecule has 0 aromatic rings. The molecular formula is C16H28N2O3. The number of piperidine rings is 1. The second-order valence-electron chi connectivity index (χ2n) is 6.41. The Morgan fingerprint density at radius 1 is 1.14 bits per heavy atom. The highest BCUT2D eigenvalue weighted by molar-refractivity contribution is 5.83. The Morgan fingerprint density at radius 2 is 1.81 bits per heavy atom. The Balaban J connectivity index is 1.98. The monoisotopic (exact) mass is 296 g/mol. The molecule has 2 unspecified atom stereocenters. The van der Waals surface area contributed by atoms with Crippen LogP contribution < -0.4 is 5.32 Å². The number of amides is 2. The highest BCUT2D eigenvalue weighted by Crippen LogP contribution is 2.27. The average Bonchev–Trinajstić information content (AvgIpc) is 2.52. The zero-order chi connectivity index (χ0) is 15.2. The molecule has 0 bridgehead atoms. The first-order chi connectivity index (χ1) is 10.1. The molecule has 2 atom stereocenters. The summed E-state index contributed by atoms with van der Waals surface area (Å²) in [6.45, 7) is 2.84. The van der Waals surface area contributed by atoms with Crippen molar-refractivity contribution in [3.63, 3.8) is 0 Å². The number of carbonyl (C=O) groups excluding carboxylic acids is 1. The molecule has 1 aliphatic carbocycles. The quantitative estimate of drug-likeness (QED) is 0.838. The van der Waals surface area contributed by atoms with E-state index in [0.29, 0.717) is 0 Å². The number of urea groups is 1. The summed E-state index contributed by atoms with van der Waals surface area (Å²) in [5.74, 6) is -0.801. The summed E-state index contributed by atoms with van der Waals surface area (Å²) < 4.78 is 0. The van der Waals surface area contributed by atoms with Gasteiger partial charge >= 0.3 is 12.0 Å². The topological polar surface area (TPSA) is 69.6 Å². The van der Waals surface area contributed by atoms with Gasteiger partial charge in [0.05, 0.1) is 0 Å². The zero-order valence-electron chi connectivity index (χ0n) is 13.0. The number of aliphatic carboxylic acids is 1. The lowest BCUT2D eigenvalue weighted by molar-refractivity contribution is -0.141. The number of nitrogens with one attached hydrogen (secondary N) is 1. The van der Waals surface area contributed by atoms with E-state index in [4.69, 9.17) is 0 Å². The molecule has 2 aliphatic rings. The molecule has 2 fully saturated rings. The van der Waals surface area contributed by atoms with Crippen molar-refractivity contribution in [3.05, 3.63) is 0 Å². The van der Waals surface area contributed by atoms with Crippen LogP contribution in [0.1, 0.15) is 64.7 Å². The van der Waals surface area contributed by atoms with E-state index < -0.39 is 12.0 Å². The normalized spacial score (nSPS) is 25.4. The minimum Gasteiger partial charge on any atom is -0.480 e. The fourth-order valence-electron chi connectivity index (χ4n) is 3.76. The van der Waals surface area contributed by atoms with Crippen LogP contribution in [0.5, 0.6) is 0 Å². The third-order valence-electron chi connectivity index (χ3n) is 5.03. The summed E-state index contributed by atoms with van der Waals surface area (Å²) >= 11 is 0. The lowest BCUT2D eigenvalue weighted by Crippen LogP contribution is -2.55. The molecule has 2 rings (SSSR count). The maximum absolute atomic E-state index is 12.5. The van der Waals surface area contributed by atoms with Crippen LogP contribution in [0.25, 0.3) is 0 Å². The smallest absolute Gasteiger partial charge is 0.326 e. The van der Waals surface area contributed by atoms with Gasteiger partial charge in [0, 0.05) is 12.6 Å². The second-order valence-corrected chi connectivity index (χ2v) is 6.41. The predicted octanol–water partition coefficient (Wildman–Crippen LogP) is 2.99. The summed E-state index contributed by atoms with van der Waals surface area (Å²) in [6, 6.07) is -0.642.